The molecule has 2 bridgehead atoms. The fraction of sp³-hybridized carbons (Fsp3) is 0.381. The van der Waals surface area contributed by atoms with Crippen molar-refractivity contribution in [3.05, 3.63) is 47.8 Å². The molecule has 3 aliphatic heterocycles. The number of rotatable bonds is 3. The molecule has 28 heavy (non-hydrogen) atoms. The van der Waals surface area contributed by atoms with E-state index in [1.54, 1.807) is 0 Å². The van der Waals surface area contributed by atoms with E-state index in [4.69, 9.17) is 14.9 Å². The number of nitrogens with two attached hydrogens (primary N) is 1. The standard InChI is InChI=1S/C21H23N5O2/c1-13(26-11-16-4-5-17(12-26)27-16)9-23-15-3-6-18(24-10-15)14-2-7-20-19(8-14)25-21(22)28-20/h2-3,6-9,16-17H,4-5,10-12H2,1H3,(H2,22,25)/b13-9+,23-15-. The molecule has 2 fully saturated rings. The Hall–Kier alpha value is -2.93. The summed E-state index contributed by atoms with van der Waals surface area (Å²) >= 11 is 0. The highest BCUT2D eigenvalue weighted by Crippen LogP contribution is 2.28. The van der Waals surface area contributed by atoms with Gasteiger partial charge in [-0.3, -0.25) is 9.98 Å². The number of benzene rings is 1. The Morgan fingerprint density at radius 3 is 2.82 bits per heavy atom. The van der Waals surface area contributed by atoms with Crippen molar-refractivity contribution >= 4 is 28.5 Å². The van der Waals surface area contributed by atoms with Gasteiger partial charge in [-0.2, -0.15) is 4.98 Å². The van der Waals surface area contributed by atoms with Crippen LogP contribution in [0.15, 0.2) is 56.7 Å². The quantitative estimate of drug-likeness (QED) is 0.888. The molecular weight excluding hydrogens is 354 g/mol. The van der Waals surface area contributed by atoms with Crippen LogP contribution < -0.4 is 5.73 Å². The summed E-state index contributed by atoms with van der Waals surface area (Å²) in [5.41, 5.74) is 11.1. The summed E-state index contributed by atoms with van der Waals surface area (Å²) in [7, 11) is 0. The molecule has 2 saturated heterocycles. The molecule has 2 atom stereocenters. The zero-order chi connectivity index (χ0) is 19.1. The number of likely N-dealkylation sites (tertiary alicyclic amines) is 1. The minimum Gasteiger partial charge on any atom is -0.424 e. The van der Waals surface area contributed by atoms with E-state index in [2.05, 4.69) is 26.8 Å². The molecule has 2 N–H and O–H groups in total. The molecule has 7 nitrogen and oxygen atoms in total. The van der Waals surface area contributed by atoms with Crippen LogP contribution in [0.25, 0.3) is 11.1 Å². The van der Waals surface area contributed by atoms with E-state index < -0.39 is 0 Å². The van der Waals surface area contributed by atoms with Crippen molar-refractivity contribution in [1.82, 2.24) is 9.88 Å². The van der Waals surface area contributed by atoms with Crippen LogP contribution >= 0.6 is 0 Å². The first-order valence-electron chi connectivity index (χ1n) is 9.67. The lowest BCUT2D eigenvalue weighted by Crippen LogP contribution is -2.41. The Morgan fingerprint density at radius 1 is 1.25 bits per heavy atom. The number of nitrogen functional groups attached to an aromatic ring is 1. The first-order chi connectivity index (χ1) is 13.6. The van der Waals surface area contributed by atoms with Crippen molar-refractivity contribution in [2.75, 3.05) is 25.4 Å². The topological polar surface area (TPSA) is 89.2 Å². The van der Waals surface area contributed by atoms with Gasteiger partial charge in [-0.05, 0) is 50.1 Å². The Balaban J connectivity index is 1.27. The second-order valence-corrected chi connectivity index (χ2v) is 7.52. The van der Waals surface area contributed by atoms with Crippen LogP contribution in [0.3, 0.4) is 0 Å². The second-order valence-electron chi connectivity index (χ2n) is 7.52. The maximum absolute atomic E-state index is 5.90. The average Bonchev–Trinajstić information content (AvgIpc) is 3.25. The normalized spacial score (nSPS) is 26.3. The number of ether oxygens (including phenoxy) is 1. The van der Waals surface area contributed by atoms with Gasteiger partial charge in [0, 0.05) is 30.5 Å². The number of dihydropyridines is 1. The van der Waals surface area contributed by atoms with Crippen molar-refractivity contribution < 1.29 is 9.15 Å². The number of hydrogen-bond acceptors (Lipinski definition) is 7. The van der Waals surface area contributed by atoms with Gasteiger partial charge in [0.2, 0.25) is 0 Å². The average molecular weight is 377 g/mol. The van der Waals surface area contributed by atoms with E-state index in [0.29, 0.717) is 24.3 Å². The molecule has 1 aromatic heterocycles. The molecule has 144 valence electrons. The van der Waals surface area contributed by atoms with Crippen LogP contribution in [0.4, 0.5) is 6.01 Å². The lowest BCUT2D eigenvalue weighted by Gasteiger charge is -2.34. The number of fused-ring (bicyclic) bond motifs is 3. The predicted molar refractivity (Wildman–Crippen MR) is 110 cm³/mol. The number of anilines is 1. The van der Waals surface area contributed by atoms with Crippen LogP contribution in [0.5, 0.6) is 0 Å². The van der Waals surface area contributed by atoms with E-state index >= 15 is 0 Å². The molecule has 5 rings (SSSR count). The zero-order valence-electron chi connectivity index (χ0n) is 15.8. The van der Waals surface area contributed by atoms with Gasteiger partial charge in [-0.15, -0.1) is 0 Å². The molecule has 3 aliphatic rings. The fourth-order valence-corrected chi connectivity index (χ4v) is 3.98. The second kappa shape index (κ2) is 6.91. The summed E-state index contributed by atoms with van der Waals surface area (Å²) in [6.45, 7) is 4.62. The molecule has 1 aromatic carbocycles. The van der Waals surface area contributed by atoms with Gasteiger partial charge in [0.25, 0.3) is 6.01 Å². The van der Waals surface area contributed by atoms with E-state index in [-0.39, 0.29) is 6.01 Å². The zero-order valence-corrected chi connectivity index (χ0v) is 15.8. The SMILES string of the molecule is C/C(=C\N=C1\C=CC(c2ccc3oc(N)nc3c2)=NC1)N1CC2CCC(C1)O2. The summed E-state index contributed by atoms with van der Waals surface area (Å²) in [6.07, 6.45) is 9.09. The van der Waals surface area contributed by atoms with Gasteiger partial charge in [0.1, 0.15) is 5.52 Å². The van der Waals surface area contributed by atoms with Gasteiger partial charge < -0.3 is 19.8 Å². The lowest BCUT2D eigenvalue weighted by atomic mass is 10.1. The smallest absolute Gasteiger partial charge is 0.292 e. The molecule has 0 saturated carbocycles. The third-order valence-electron chi connectivity index (χ3n) is 5.50. The number of aliphatic imine (C=N–C) groups is 2. The van der Waals surface area contributed by atoms with Crippen molar-refractivity contribution in [2.45, 2.75) is 32.0 Å². The van der Waals surface area contributed by atoms with Gasteiger partial charge in [-0.25, -0.2) is 0 Å². The van der Waals surface area contributed by atoms with Crippen molar-refractivity contribution in [3.8, 4) is 0 Å². The Kier molecular flexibility index (Phi) is 4.24. The largest absolute Gasteiger partial charge is 0.424 e. The summed E-state index contributed by atoms with van der Waals surface area (Å²) in [5.74, 6) is 0. The Labute approximate surface area is 163 Å². The monoisotopic (exact) mass is 377 g/mol. The third kappa shape index (κ3) is 3.33. The van der Waals surface area contributed by atoms with Crippen molar-refractivity contribution in [1.29, 1.82) is 0 Å². The Bertz CT molecular complexity index is 1020. The maximum Gasteiger partial charge on any atom is 0.292 e. The number of morpholine rings is 1. The molecule has 0 amide bonds. The van der Waals surface area contributed by atoms with Crippen molar-refractivity contribution in [3.63, 3.8) is 0 Å². The molecule has 0 radical (unpaired) electrons. The summed E-state index contributed by atoms with van der Waals surface area (Å²) in [4.78, 5) is 15.9. The van der Waals surface area contributed by atoms with Crippen molar-refractivity contribution in [2.24, 2.45) is 9.98 Å². The van der Waals surface area contributed by atoms with Crippen LogP contribution in [0.1, 0.15) is 25.3 Å². The highest BCUT2D eigenvalue weighted by atomic mass is 16.5. The van der Waals surface area contributed by atoms with Crippen LogP contribution in [0, 0.1) is 0 Å². The van der Waals surface area contributed by atoms with E-state index in [0.717, 1.165) is 35.6 Å². The molecule has 7 heteroatoms. The van der Waals surface area contributed by atoms with Gasteiger partial charge >= 0.3 is 0 Å². The summed E-state index contributed by atoms with van der Waals surface area (Å²) < 4.78 is 11.2. The molecule has 0 aliphatic carbocycles. The number of nitrogens with zero attached hydrogens (tertiary/aromatic N) is 4. The number of aromatic nitrogens is 1. The number of hydrogen-bond donors (Lipinski definition) is 1. The van der Waals surface area contributed by atoms with E-state index in [1.165, 1.54) is 18.5 Å². The Morgan fingerprint density at radius 2 is 2.07 bits per heavy atom. The van der Waals surface area contributed by atoms with Crippen LogP contribution in [-0.4, -0.2) is 53.1 Å². The van der Waals surface area contributed by atoms with E-state index in [1.807, 2.05) is 36.6 Å². The highest BCUT2D eigenvalue weighted by molar-refractivity contribution is 6.16. The van der Waals surface area contributed by atoms with Crippen LogP contribution in [0.2, 0.25) is 0 Å². The summed E-state index contributed by atoms with van der Waals surface area (Å²) in [5, 5.41) is 0. The molecular formula is C21H23N5O2. The fourth-order valence-electron chi connectivity index (χ4n) is 3.98. The molecule has 0 spiro atoms. The first kappa shape index (κ1) is 17.2. The highest BCUT2D eigenvalue weighted by Gasteiger charge is 2.33. The third-order valence-corrected chi connectivity index (χ3v) is 5.50. The van der Waals surface area contributed by atoms with Gasteiger partial charge in [-0.1, -0.05) is 0 Å². The molecule has 4 heterocycles. The minimum atomic E-state index is 0.179. The first-order valence-corrected chi connectivity index (χ1v) is 9.67. The predicted octanol–water partition coefficient (Wildman–Crippen LogP) is 2.93. The maximum atomic E-state index is 5.90. The minimum absolute atomic E-state index is 0.179. The molecule has 2 unspecified atom stereocenters. The number of oxazole rings is 1. The van der Waals surface area contributed by atoms with Gasteiger partial charge in [0.15, 0.2) is 5.58 Å². The summed E-state index contributed by atoms with van der Waals surface area (Å²) in [6, 6.07) is 5.96. The molecule has 2 aromatic rings. The number of allylic oxidation sites excluding steroid dienone is 2. The lowest BCUT2D eigenvalue weighted by molar-refractivity contribution is -0.0266. The van der Waals surface area contributed by atoms with E-state index in [9.17, 15) is 0 Å². The van der Waals surface area contributed by atoms with Crippen LogP contribution in [-0.2, 0) is 4.74 Å². The van der Waals surface area contributed by atoms with Gasteiger partial charge in [0.05, 0.1) is 30.2 Å².